The fourth-order valence-electron chi connectivity index (χ4n) is 1.68. The van der Waals surface area contributed by atoms with E-state index in [-0.39, 0.29) is 5.56 Å². The fraction of sp³-hybridized carbons (Fsp3) is 0. The molecular formula is C12H9FN6O. The lowest BCUT2D eigenvalue weighted by Gasteiger charge is -2.07. The number of amides is 1. The minimum atomic E-state index is -0.476. The summed E-state index contributed by atoms with van der Waals surface area (Å²) in [5.41, 5.74) is 6.32. The highest BCUT2D eigenvalue weighted by molar-refractivity contribution is 5.95. The number of anilines is 1. The monoisotopic (exact) mass is 272 g/mol. The second-order valence-corrected chi connectivity index (χ2v) is 3.91. The molecule has 0 saturated heterocycles. The molecule has 2 heterocycles. The van der Waals surface area contributed by atoms with E-state index in [9.17, 15) is 9.18 Å². The molecule has 1 aromatic carbocycles. The van der Waals surface area contributed by atoms with E-state index in [0.29, 0.717) is 17.0 Å². The third-order valence-corrected chi connectivity index (χ3v) is 2.60. The molecule has 0 atom stereocenters. The number of fused-ring (bicyclic) bond motifs is 1. The first kappa shape index (κ1) is 12.0. The normalized spacial score (nSPS) is 10.4. The Labute approximate surface area is 112 Å². The number of aromatic amines is 1. The maximum absolute atomic E-state index is 13.0. The molecule has 0 bridgehead atoms. The minimum absolute atomic E-state index is 0.201. The van der Waals surface area contributed by atoms with Crippen LogP contribution in [0.3, 0.4) is 0 Å². The maximum Gasteiger partial charge on any atom is 0.269 e. The van der Waals surface area contributed by atoms with Crippen molar-refractivity contribution in [2.75, 3.05) is 5.43 Å². The molecule has 0 aliphatic carbocycles. The van der Waals surface area contributed by atoms with Crippen molar-refractivity contribution < 1.29 is 9.18 Å². The molecule has 8 heteroatoms. The molecule has 0 aliphatic rings. The number of nitrogens with one attached hydrogen (secondary N) is 3. The summed E-state index contributed by atoms with van der Waals surface area (Å²) >= 11 is 0. The Morgan fingerprint density at radius 1 is 1.25 bits per heavy atom. The lowest BCUT2D eigenvalue weighted by Crippen LogP contribution is -2.30. The Morgan fingerprint density at radius 2 is 2.15 bits per heavy atom. The maximum atomic E-state index is 13.0. The van der Waals surface area contributed by atoms with Gasteiger partial charge in [0.15, 0.2) is 11.5 Å². The number of benzene rings is 1. The second kappa shape index (κ2) is 4.92. The minimum Gasteiger partial charge on any atom is -0.340 e. The molecule has 1 amide bonds. The smallest absolute Gasteiger partial charge is 0.269 e. The molecule has 100 valence electrons. The molecular weight excluding hydrogens is 263 g/mol. The summed E-state index contributed by atoms with van der Waals surface area (Å²) in [7, 11) is 0. The van der Waals surface area contributed by atoms with Crippen LogP contribution in [0, 0.1) is 5.82 Å². The summed E-state index contributed by atoms with van der Waals surface area (Å²) in [4.78, 5) is 26.6. The highest BCUT2D eigenvalue weighted by atomic mass is 19.1. The quantitative estimate of drug-likeness (QED) is 0.624. The third-order valence-electron chi connectivity index (χ3n) is 2.60. The van der Waals surface area contributed by atoms with Gasteiger partial charge in [-0.25, -0.2) is 19.3 Å². The van der Waals surface area contributed by atoms with E-state index in [1.165, 1.54) is 30.9 Å². The van der Waals surface area contributed by atoms with Gasteiger partial charge in [0.25, 0.3) is 5.91 Å². The van der Waals surface area contributed by atoms with E-state index in [4.69, 9.17) is 0 Å². The Hall–Kier alpha value is -3.03. The molecule has 0 unspecified atom stereocenters. The number of hydrogen-bond donors (Lipinski definition) is 3. The zero-order chi connectivity index (χ0) is 13.9. The Bertz CT molecular complexity index is 771. The number of hydrogen-bond acceptors (Lipinski definition) is 5. The largest absolute Gasteiger partial charge is 0.340 e. The number of nitrogens with zero attached hydrogens (tertiary/aromatic N) is 3. The average Bonchev–Trinajstić information content (AvgIpc) is 2.93. The highest BCUT2D eigenvalue weighted by Crippen LogP contribution is 2.13. The number of rotatable bonds is 3. The first-order valence-corrected chi connectivity index (χ1v) is 5.70. The van der Waals surface area contributed by atoms with E-state index in [2.05, 4.69) is 30.8 Å². The van der Waals surface area contributed by atoms with Crippen LogP contribution in [0.25, 0.3) is 11.2 Å². The molecule has 0 spiro atoms. The number of carbonyl (C=O) groups is 1. The molecule has 0 fully saturated rings. The Balaban J connectivity index is 1.76. The zero-order valence-corrected chi connectivity index (χ0v) is 10.1. The van der Waals surface area contributed by atoms with Crippen LogP contribution >= 0.6 is 0 Å². The molecule has 7 nitrogen and oxygen atoms in total. The summed E-state index contributed by atoms with van der Waals surface area (Å²) in [6.45, 7) is 0. The van der Waals surface area contributed by atoms with Crippen molar-refractivity contribution in [3.05, 3.63) is 48.3 Å². The van der Waals surface area contributed by atoms with Gasteiger partial charge in [0.2, 0.25) is 0 Å². The lowest BCUT2D eigenvalue weighted by molar-refractivity contribution is 0.0962. The van der Waals surface area contributed by atoms with Gasteiger partial charge in [-0.1, -0.05) is 6.07 Å². The van der Waals surface area contributed by atoms with Crippen molar-refractivity contribution in [3.63, 3.8) is 0 Å². The van der Waals surface area contributed by atoms with Crippen LogP contribution in [-0.2, 0) is 0 Å². The first-order chi connectivity index (χ1) is 9.74. The Kier molecular flexibility index (Phi) is 2.96. The van der Waals surface area contributed by atoms with Crippen LogP contribution in [0.5, 0.6) is 0 Å². The number of aromatic nitrogens is 4. The SMILES string of the molecule is O=C(NNc1ncnc2nc[nH]c12)c1cccc(F)c1. The third kappa shape index (κ3) is 2.26. The number of halogens is 1. The summed E-state index contributed by atoms with van der Waals surface area (Å²) in [5.74, 6) is -0.580. The highest BCUT2D eigenvalue weighted by Gasteiger charge is 2.09. The van der Waals surface area contributed by atoms with E-state index in [1.807, 2.05) is 0 Å². The summed E-state index contributed by atoms with van der Waals surface area (Å²) in [5, 5.41) is 0. The number of carbonyl (C=O) groups excluding carboxylic acids is 1. The second-order valence-electron chi connectivity index (χ2n) is 3.91. The molecule has 20 heavy (non-hydrogen) atoms. The van der Waals surface area contributed by atoms with Gasteiger partial charge in [0.05, 0.1) is 6.33 Å². The van der Waals surface area contributed by atoms with Gasteiger partial charge >= 0.3 is 0 Å². The van der Waals surface area contributed by atoms with E-state index in [0.717, 1.165) is 6.07 Å². The molecule has 0 radical (unpaired) electrons. The number of H-pyrrole nitrogens is 1. The van der Waals surface area contributed by atoms with Gasteiger partial charge in [0.1, 0.15) is 17.7 Å². The Morgan fingerprint density at radius 3 is 3.00 bits per heavy atom. The summed E-state index contributed by atoms with van der Waals surface area (Å²) < 4.78 is 13.0. The van der Waals surface area contributed by atoms with Crippen molar-refractivity contribution in [1.82, 2.24) is 25.4 Å². The van der Waals surface area contributed by atoms with Gasteiger partial charge in [0, 0.05) is 5.56 Å². The summed E-state index contributed by atoms with van der Waals surface area (Å²) in [6, 6.07) is 5.37. The predicted molar refractivity (Wildman–Crippen MR) is 69.2 cm³/mol. The topological polar surface area (TPSA) is 95.6 Å². The van der Waals surface area contributed by atoms with Gasteiger partial charge in [-0.2, -0.15) is 0 Å². The molecule has 2 aromatic heterocycles. The van der Waals surface area contributed by atoms with Crippen molar-refractivity contribution in [3.8, 4) is 0 Å². The lowest BCUT2D eigenvalue weighted by atomic mass is 10.2. The van der Waals surface area contributed by atoms with Crippen LogP contribution in [0.15, 0.2) is 36.9 Å². The van der Waals surface area contributed by atoms with Gasteiger partial charge in [-0.15, -0.1) is 0 Å². The van der Waals surface area contributed by atoms with Crippen molar-refractivity contribution in [2.24, 2.45) is 0 Å². The van der Waals surface area contributed by atoms with Crippen molar-refractivity contribution >= 4 is 22.9 Å². The first-order valence-electron chi connectivity index (χ1n) is 5.70. The van der Waals surface area contributed by atoms with E-state index in [1.54, 1.807) is 0 Å². The average molecular weight is 272 g/mol. The number of imidazole rings is 1. The van der Waals surface area contributed by atoms with Gasteiger partial charge in [-0.05, 0) is 18.2 Å². The predicted octanol–water partition coefficient (Wildman–Crippen LogP) is 1.25. The van der Waals surface area contributed by atoms with Crippen LogP contribution < -0.4 is 10.9 Å². The van der Waals surface area contributed by atoms with Gasteiger partial charge in [-0.3, -0.25) is 15.6 Å². The van der Waals surface area contributed by atoms with E-state index < -0.39 is 11.7 Å². The van der Waals surface area contributed by atoms with Crippen LogP contribution in [0.1, 0.15) is 10.4 Å². The van der Waals surface area contributed by atoms with Crippen LogP contribution in [-0.4, -0.2) is 25.8 Å². The number of hydrazine groups is 1. The molecule has 3 aromatic rings. The van der Waals surface area contributed by atoms with Gasteiger partial charge < -0.3 is 4.98 Å². The van der Waals surface area contributed by atoms with Crippen LogP contribution in [0.2, 0.25) is 0 Å². The van der Waals surface area contributed by atoms with E-state index >= 15 is 0 Å². The molecule has 0 saturated carbocycles. The standard InChI is InChI=1S/C12H9FN6O/c13-8-3-1-2-7(4-8)12(20)19-18-11-9-10(15-5-14-9)16-6-17-11/h1-6H,(H,19,20)(H2,14,15,16,17,18). The summed E-state index contributed by atoms with van der Waals surface area (Å²) in [6.07, 6.45) is 2.79. The van der Waals surface area contributed by atoms with Crippen molar-refractivity contribution in [1.29, 1.82) is 0 Å². The fourth-order valence-corrected chi connectivity index (χ4v) is 1.68. The molecule has 3 N–H and O–H groups in total. The van der Waals surface area contributed by atoms with Crippen molar-refractivity contribution in [2.45, 2.75) is 0 Å². The van der Waals surface area contributed by atoms with Crippen LogP contribution in [0.4, 0.5) is 10.2 Å². The molecule has 3 rings (SSSR count). The molecule has 0 aliphatic heterocycles. The zero-order valence-electron chi connectivity index (χ0n) is 10.1.